The number of benzene rings is 1. The Bertz CT molecular complexity index is 319. The minimum absolute atomic E-state index is 0.0186. The molecule has 0 saturated carbocycles. The first kappa shape index (κ1) is 10.0. The van der Waals surface area contributed by atoms with E-state index in [4.69, 9.17) is 22.0 Å². The molecule has 68 valence electrons. The van der Waals surface area contributed by atoms with Crippen LogP contribution in [0.4, 0.5) is 0 Å². The van der Waals surface area contributed by atoms with Gasteiger partial charge in [-0.2, -0.15) is 5.26 Å². The molecule has 1 aromatic carbocycles. The largest absolute Gasteiger partial charge is 0.396 e. The van der Waals surface area contributed by atoms with E-state index in [9.17, 15) is 0 Å². The topological polar surface area (TPSA) is 44.0 Å². The summed E-state index contributed by atoms with van der Waals surface area (Å²) in [6, 6.07) is 9.29. The van der Waals surface area contributed by atoms with Crippen LogP contribution in [-0.4, -0.2) is 11.7 Å². The SMILES string of the molecule is N#CC(CCO)c1cccc(Cl)c1. The van der Waals surface area contributed by atoms with Crippen molar-refractivity contribution in [2.75, 3.05) is 6.61 Å². The maximum atomic E-state index is 8.80. The van der Waals surface area contributed by atoms with Gasteiger partial charge in [-0.15, -0.1) is 0 Å². The van der Waals surface area contributed by atoms with E-state index in [1.54, 1.807) is 18.2 Å². The third kappa shape index (κ3) is 2.73. The molecule has 0 aliphatic carbocycles. The van der Waals surface area contributed by atoms with Gasteiger partial charge in [-0.25, -0.2) is 0 Å². The predicted molar refractivity (Wildman–Crippen MR) is 51.5 cm³/mol. The highest BCUT2D eigenvalue weighted by Crippen LogP contribution is 2.21. The molecule has 1 N–H and O–H groups in total. The van der Waals surface area contributed by atoms with Crippen LogP contribution in [-0.2, 0) is 0 Å². The molecule has 2 nitrogen and oxygen atoms in total. The summed E-state index contributed by atoms with van der Waals surface area (Å²) in [5.41, 5.74) is 0.865. The van der Waals surface area contributed by atoms with E-state index in [1.807, 2.05) is 6.07 Å². The normalized spacial score (nSPS) is 12.1. The number of nitrogens with zero attached hydrogens (tertiary/aromatic N) is 1. The van der Waals surface area contributed by atoms with Gasteiger partial charge in [0.25, 0.3) is 0 Å². The average Bonchev–Trinajstić information content (AvgIpc) is 2.14. The molecule has 0 amide bonds. The molecular formula is C10H10ClNO. The summed E-state index contributed by atoms with van der Waals surface area (Å²) in [4.78, 5) is 0. The zero-order chi connectivity index (χ0) is 9.68. The minimum Gasteiger partial charge on any atom is -0.396 e. The van der Waals surface area contributed by atoms with Crippen molar-refractivity contribution in [1.82, 2.24) is 0 Å². The van der Waals surface area contributed by atoms with Crippen molar-refractivity contribution in [3.63, 3.8) is 0 Å². The summed E-state index contributed by atoms with van der Waals surface area (Å²) >= 11 is 5.77. The molecule has 0 heterocycles. The second-order valence-electron chi connectivity index (χ2n) is 2.75. The van der Waals surface area contributed by atoms with E-state index >= 15 is 0 Å². The average molecular weight is 196 g/mol. The Morgan fingerprint density at radius 1 is 1.54 bits per heavy atom. The van der Waals surface area contributed by atoms with Crippen LogP contribution in [0, 0.1) is 11.3 Å². The zero-order valence-corrected chi connectivity index (χ0v) is 7.83. The third-order valence-electron chi connectivity index (χ3n) is 1.82. The fourth-order valence-electron chi connectivity index (χ4n) is 1.16. The molecule has 1 rings (SSSR count). The van der Waals surface area contributed by atoms with E-state index in [0.717, 1.165) is 5.56 Å². The lowest BCUT2D eigenvalue weighted by Crippen LogP contribution is -1.98. The second kappa shape index (κ2) is 4.86. The Kier molecular flexibility index (Phi) is 3.75. The van der Waals surface area contributed by atoms with Crippen LogP contribution in [0.15, 0.2) is 24.3 Å². The van der Waals surface area contributed by atoms with Crippen LogP contribution in [0.1, 0.15) is 17.9 Å². The molecule has 0 bridgehead atoms. The molecule has 1 aromatic rings. The Labute approximate surface area is 82.4 Å². The summed E-state index contributed by atoms with van der Waals surface area (Å²) in [5.74, 6) is -0.260. The predicted octanol–water partition coefficient (Wildman–Crippen LogP) is 2.33. The van der Waals surface area contributed by atoms with Crippen molar-refractivity contribution in [3.05, 3.63) is 34.9 Å². The van der Waals surface area contributed by atoms with Crippen LogP contribution in [0.3, 0.4) is 0 Å². The number of rotatable bonds is 3. The summed E-state index contributed by atoms with van der Waals surface area (Å²) in [7, 11) is 0. The highest BCUT2D eigenvalue weighted by atomic mass is 35.5. The van der Waals surface area contributed by atoms with Crippen LogP contribution < -0.4 is 0 Å². The number of hydrogen-bond acceptors (Lipinski definition) is 2. The number of aliphatic hydroxyl groups is 1. The van der Waals surface area contributed by atoms with Crippen molar-refractivity contribution in [2.24, 2.45) is 0 Å². The Hall–Kier alpha value is -1.04. The van der Waals surface area contributed by atoms with Crippen LogP contribution in [0.25, 0.3) is 0 Å². The molecule has 0 spiro atoms. The Morgan fingerprint density at radius 2 is 2.31 bits per heavy atom. The summed E-state index contributed by atoms with van der Waals surface area (Å²) in [6.07, 6.45) is 0.455. The van der Waals surface area contributed by atoms with Gasteiger partial charge in [0.2, 0.25) is 0 Å². The fourth-order valence-corrected chi connectivity index (χ4v) is 1.36. The highest BCUT2D eigenvalue weighted by molar-refractivity contribution is 6.30. The van der Waals surface area contributed by atoms with E-state index in [1.165, 1.54) is 0 Å². The van der Waals surface area contributed by atoms with Crippen LogP contribution >= 0.6 is 11.6 Å². The van der Waals surface area contributed by atoms with Gasteiger partial charge in [0.05, 0.1) is 12.0 Å². The first-order chi connectivity index (χ1) is 6.27. The van der Waals surface area contributed by atoms with Crippen molar-refractivity contribution >= 4 is 11.6 Å². The maximum Gasteiger partial charge on any atom is 0.0735 e. The van der Waals surface area contributed by atoms with Crippen molar-refractivity contribution in [2.45, 2.75) is 12.3 Å². The summed E-state index contributed by atoms with van der Waals surface area (Å²) in [6.45, 7) is 0.0186. The number of aliphatic hydroxyl groups excluding tert-OH is 1. The second-order valence-corrected chi connectivity index (χ2v) is 3.19. The quantitative estimate of drug-likeness (QED) is 0.805. The first-order valence-electron chi connectivity index (χ1n) is 4.04. The molecule has 3 heteroatoms. The van der Waals surface area contributed by atoms with E-state index in [2.05, 4.69) is 6.07 Å². The monoisotopic (exact) mass is 195 g/mol. The van der Waals surface area contributed by atoms with Gasteiger partial charge in [0, 0.05) is 11.6 Å². The van der Waals surface area contributed by atoms with Gasteiger partial charge < -0.3 is 5.11 Å². The lowest BCUT2D eigenvalue weighted by molar-refractivity contribution is 0.283. The lowest BCUT2D eigenvalue weighted by Gasteiger charge is -2.06. The van der Waals surface area contributed by atoms with Crippen molar-refractivity contribution in [3.8, 4) is 6.07 Å². The van der Waals surface area contributed by atoms with Crippen LogP contribution in [0.2, 0.25) is 5.02 Å². The molecule has 0 saturated heterocycles. The molecular weight excluding hydrogens is 186 g/mol. The molecule has 1 unspecified atom stereocenters. The molecule has 0 aromatic heterocycles. The smallest absolute Gasteiger partial charge is 0.0735 e. The molecule has 1 atom stereocenters. The zero-order valence-electron chi connectivity index (χ0n) is 7.07. The van der Waals surface area contributed by atoms with Gasteiger partial charge in [0.15, 0.2) is 0 Å². The molecule has 13 heavy (non-hydrogen) atoms. The van der Waals surface area contributed by atoms with Crippen molar-refractivity contribution in [1.29, 1.82) is 5.26 Å². The van der Waals surface area contributed by atoms with Gasteiger partial charge >= 0.3 is 0 Å². The molecule has 0 aliphatic rings. The number of hydrogen-bond donors (Lipinski definition) is 1. The Balaban J connectivity index is 2.86. The minimum atomic E-state index is -0.260. The fraction of sp³-hybridized carbons (Fsp3) is 0.300. The van der Waals surface area contributed by atoms with Crippen LogP contribution in [0.5, 0.6) is 0 Å². The molecule has 0 fully saturated rings. The summed E-state index contributed by atoms with van der Waals surface area (Å²) < 4.78 is 0. The van der Waals surface area contributed by atoms with Gasteiger partial charge in [-0.1, -0.05) is 23.7 Å². The molecule has 0 aliphatic heterocycles. The van der Waals surface area contributed by atoms with Gasteiger partial charge in [0.1, 0.15) is 0 Å². The van der Waals surface area contributed by atoms with Crippen molar-refractivity contribution < 1.29 is 5.11 Å². The first-order valence-corrected chi connectivity index (χ1v) is 4.41. The van der Waals surface area contributed by atoms with Gasteiger partial charge in [-0.3, -0.25) is 0 Å². The van der Waals surface area contributed by atoms with E-state index in [0.29, 0.717) is 11.4 Å². The lowest BCUT2D eigenvalue weighted by atomic mass is 9.98. The Morgan fingerprint density at radius 3 is 2.85 bits per heavy atom. The number of halogens is 1. The number of nitriles is 1. The maximum absolute atomic E-state index is 8.80. The standard InChI is InChI=1S/C10H10ClNO/c11-10-3-1-2-8(6-10)9(7-12)4-5-13/h1-3,6,9,13H,4-5H2. The molecule has 0 radical (unpaired) electrons. The van der Waals surface area contributed by atoms with Gasteiger partial charge in [-0.05, 0) is 24.1 Å². The highest BCUT2D eigenvalue weighted by Gasteiger charge is 2.09. The van der Waals surface area contributed by atoms with E-state index in [-0.39, 0.29) is 12.5 Å². The van der Waals surface area contributed by atoms with E-state index < -0.39 is 0 Å². The third-order valence-corrected chi connectivity index (χ3v) is 2.06. The summed E-state index contributed by atoms with van der Waals surface area (Å²) in [5, 5.41) is 18.1.